The number of allylic oxidation sites excluding steroid dienone is 12. The monoisotopic (exact) mass is 1800 g/mol. The molecule has 6 N–H and O–H groups in total. The van der Waals surface area contributed by atoms with Gasteiger partial charge in [-0.1, -0.05) is 41.5 Å². The molecule has 0 aliphatic carbocycles. The molecule has 0 saturated heterocycles. The molecule has 0 fully saturated rings. The molecule has 15 rings (SSSR count). The van der Waals surface area contributed by atoms with Crippen molar-refractivity contribution in [3.63, 3.8) is 0 Å². The molecule has 15 heterocycles. The minimum absolute atomic E-state index is 0. The van der Waals surface area contributed by atoms with Crippen LogP contribution in [0.15, 0.2) is 72.8 Å². The fourth-order valence-electron chi connectivity index (χ4n) is 18.6. The molecule has 0 spiro atoms. The Hall–Kier alpha value is -12.3. The Morgan fingerprint density at radius 2 is 0.344 bits per heavy atom. The summed E-state index contributed by atoms with van der Waals surface area (Å²) in [5, 5.41) is 68.5. The molecule has 6 aliphatic heterocycles. The van der Waals surface area contributed by atoms with Crippen molar-refractivity contribution < 1.29 is 93.5 Å². The number of aryl methyl sites for hydroxylation is 12. The Kier molecular flexibility index (Phi) is 30.3. The van der Waals surface area contributed by atoms with Crippen molar-refractivity contribution in [2.24, 2.45) is 0 Å². The normalized spacial score (nSPS) is 13.1. The Bertz CT molecular complexity index is 6220. The third kappa shape index (κ3) is 19.8. The minimum Gasteiger partial charge on any atom is -0.550 e. The summed E-state index contributed by atoms with van der Waals surface area (Å²) in [5.74, 6) is -6.75. The number of fused-ring (bicyclic) bond motifs is 24. The van der Waals surface area contributed by atoms with E-state index < -0.39 is 35.8 Å². The fourth-order valence-corrected chi connectivity index (χ4v) is 18.6. The number of carboxylic acid groups (broad SMARTS) is 6. The van der Waals surface area contributed by atoms with E-state index in [4.69, 9.17) is 29.9 Å². The van der Waals surface area contributed by atoms with Gasteiger partial charge in [0.2, 0.25) is 0 Å². The summed E-state index contributed by atoms with van der Waals surface area (Å²) in [6, 6.07) is 24.3. The van der Waals surface area contributed by atoms with Crippen molar-refractivity contribution in [3.8, 4) is 0 Å². The third-order valence-electron chi connectivity index (χ3n) is 26.0. The molecule has 6 aliphatic rings. The summed E-state index contributed by atoms with van der Waals surface area (Å²) in [4.78, 5) is 120. The van der Waals surface area contributed by atoms with Gasteiger partial charge in [0.15, 0.2) is 0 Å². The second kappa shape index (κ2) is 40.3. The number of aromatic amines is 6. The number of hydrogen-bond acceptors (Lipinski definition) is 18. The number of carboxylic acids is 6. The minimum atomic E-state index is -1.13. The van der Waals surface area contributed by atoms with Crippen molar-refractivity contribution >= 4 is 169 Å². The van der Waals surface area contributed by atoms with Crippen molar-refractivity contribution in [2.75, 3.05) is 0 Å². The summed E-state index contributed by atoms with van der Waals surface area (Å²) in [6.45, 7) is 37.3. The van der Waals surface area contributed by atoms with Crippen LogP contribution in [-0.4, -0.2) is 95.6 Å². The number of hydrogen-bond donors (Lipinski definition) is 6. The van der Waals surface area contributed by atoms with Crippen LogP contribution in [0.3, 0.4) is 0 Å². The SMILES string of the molecule is CCc1c(C)c2cc3[nH]c(cc4nc(cc5nc(cc1[nH]2)C(C)=C5CCC(=O)[O-])C(CCC(=O)[O-])=C4C)c(C)c3CC.CCc1c(C)c2cc3[nH]c(cc4nc(cc5nc(cc1[nH]2)C(C)=C5CCC(=O)[O-])C(CCC(=O)[O-])=C4C)c(C)c3CC.CCc1c(C)c2cc3[nH]c(cc4nc(cc5nc(cc1[nH]2)C(C)=C5CCC(=O)[O-])C(CCC(=O)[O-])=C4C)c(C)c3CC.[Mn+3].[Mn+3]. The number of nitrogens with zero attached hydrogens (tertiary/aromatic N) is 6. The molecule has 9 aromatic heterocycles. The summed E-state index contributed by atoms with van der Waals surface area (Å²) < 4.78 is 0. The van der Waals surface area contributed by atoms with Gasteiger partial charge >= 0.3 is 34.1 Å². The number of nitrogens with one attached hydrogen (secondary N) is 6. The van der Waals surface area contributed by atoms with Crippen LogP contribution in [0.4, 0.5) is 0 Å². The van der Waals surface area contributed by atoms with Crippen molar-refractivity contribution in [2.45, 2.75) is 240 Å². The molecule has 0 amide bonds. The molecule has 0 unspecified atom stereocenters. The molecule has 0 saturated carbocycles. The second-order valence-electron chi connectivity index (χ2n) is 33.3. The van der Waals surface area contributed by atoms with Gasteiger partial charge in [0.25, 0.3) is 0 Å². The zero-order valence-electron chi connectivity index (χ0n) is 76.0. The van der Waals surface area contributed by atoms with Gasteiger partial charge < -0.3 is 89.3 Å². The van der Waals surface area contributed by atoms with Gasteiger partial charge in [-0.05, 0) is 405 Å². The van der Waals surface area contributed by atoms with E-state index in [0.717, 1.165) is 222 Å². The van der Waals surface area contributed by atoms with E-state index in [1.165, 1.54) is 50.1 Å². The molecule has 0 aromatic carbocycles. The Balaban J connectivity index is 0.000000185. The van der Waals surface area contributed by atoms with Gasteiger partial charge in [-0.3, -0.25) is 0 Å². The average Bonchev–Trinajstić information content (AvgIpc) is 1.62. The van der Waals surface area contributed by atoms with Crippen LogP contribution in [0.25, 0.3) is 133 Å². The Morgan fingerprint density at radius 3 is 0.484 bits per heavy atom. The van der Waals surface area contributed by atoms with E-state index in [0.29, 0.717) is 34.2 Å². The van der Waals surface area contributed by atoms with Crippen LogP contribution < -0.4 is 30.6 Å². The van der Waals surface area contributed by atoms with Gasteiger partial charge in [-0.2, -0.15) is 0 Å². The predicted octanol–water partition coefficient (Wildman–Crippen LogP) is 14.9. The molecule has 24 nitrogen and oxygen atoms in total. The molecular formula is C102H108Mn2N12O12. The van der Waals surface area contributed by atoms with Gasteiger partial charge in [0.05, 0.1) is 68.3 Å². The molecular weight excluding hydrogens is 1700 g/mol. The van der Waals surface area contributed by atoms with E-state index in [1.807, 2.05) is 96.1 Å². The quantitative estimate of drug-likeness (QED) is 0.0306. The van der Waals surface area contributed by atoms with E-state index in [-0.39, 0.29) is 111 Å². The maximum Gasteiger partial charge on any atom is 3.00 e. The Morgan fingerprint density at radius 1 is 0.211 bits per heavy atom. The van der Waals surface area contributed by atoms with E-state index in [1.54, 1.807) is 0 Å². The molecule has 0 radical (unpaired) electrons. The maximum absolute atomic E-state index is 11.4. The second-order valence-corrected chi connectivity index (χ2v) is 33.3. The Labute approximate surface area is 765 Å². The first kappa shape index (κ1) is 96.3. The predicted molar refractivity (Wildman–Crippen MR) is 488 cm³/mol. The number of H-pyrrole nitrogens is 6. The van der Waals surface area contributed by atoms with Gasteiger partial charge in [0.1, 0.15) is 0 Å². The molecule has 24 bridgehead atoms. The van der Waals surface area contributed by atoms with Crippen LogP contribution >= 0.6 is 0 Å². The van der Waals surface area contributed by atoms with Gasteiger partial charge in [-0.15, -0.1) is 0 Å². The largest absolute Gasteiger partial charge is 3.00 e. The molecule has 128 heavy (non-hydrogen) atoms. The van der Waals surface area contributed by atoms with Crippen LogP contribution in [0.1, 0.15) is 295 Å². The molecule has 9 aromatic rings. The summed E-state index contributed by atoms with van der Waals surface area (Å²) >= 11 is 0. The van der Waals surface area contributed by atoms with Crippen LogP contribution in [0.5, 0.6) is 0 Å². The first-order valence-electron chi connectivity index (χ1n) is 43.7. The maximum atomic E-state index is 11.4. The standard InChI is InChI=1S/3C34H38N4O4.2Mn/c3*1-7-21-17(3)25-13-26-19(5)23(9-11-33(39)40)31(37-26)16-32-24(10-12-34(41)42)20(6)28(38-32)15-30-22(8-2)18(4)27(36-30)14-29(21)35-25;;/h3*13-16,35-36H,7-12H2,1-6H3,(H,39,40)(H,41,42);;/q;;;2*+3/p-6. The molecule has 662 valence electrons. The average molecular weight is 1800 g/mol. The smallest absolute Gasteiger partial charge is 0.550 e. The fraction of sp³-hybridized carbons (Fsp3) is 0.353. The summed E-state index contributed by atoms with van der Waals surface area (Å²) in [5.41, 5.74) is 44.8. The van der Waals surface area contributed by atoms with Crippen molar-refractivity contribution in [1.82, 2.24) is 59.8 Å². The number of carbonyl (C=O) groups is 6. The van der Waals surface area contributed by atoms with Crippen LogP contribution in [0, 0.1) is 41.5 Å². The molecule has 26 heteroatoms. The van der Waals surface area contributed by atoms with E-state index in [2.05, 4.69) is 131 Å². The summed E-state index contributed by atoms with van der Waals surface area (Å²) in [7, 11) is 0. The number of carbonyl (C=O) groups excluding carboxylic acids is 6. The number of aromatic nitrogens is 12. The van der Waals surface area contributed by atoms with E-state index >= 15 is 0 Å². The van der Waals surface area contributed by atoms with E-state index in [9.17, 15) is 59.4 Å². The van der Waals surface area contributed by atoms with Gasteiger partial charge in [0, 0.05) is 102 Å². The summed E-state index contributed by atoms with van der Waals surface area (Å²) in [6.07, 6.45) is 5.88. The number of aliphatic carboxylic acids is 6. The van der Waals surface area contributed by atoms with Crippen molar-refractivity contribution in [1.29, 1.82) is 0 Å². The van der Waals surface area contributed by atoms with Crippen LogP contribution in [0.2, 0.25) is 0 Å². The zero-order chi connectivity index (χ0) is 90.9. The number of rotatable bonds is 24. The molecule has 0 atom stereocenters. The van der Waals surface area contributed by atoms with Crippen molar-refractivity contribution in [3.05, 3.63) is 208 Å². The topological polar surface area (TPSA) is 413 Å². The first-order valence-corrected chi connectivity index (χ1v) is 43.7. The first-order chi connectivity index (χ1) is 60.0. The van der Waals surface area contributed by atoms with Crippen LogP contribution in [-0.2, 0) is 101 Å². The zero-order valence-corrected chi connectivity index (χ0v) is 78.4. The third-order valence-corrected chi connectivity index (χ3v) is 26.0. The van der Waals surface area contributed by atoms with Gasteiger partial charge in [-0.25, -0.2) is 29.9 Å².